The number of H-pyrrole nitrogens is 1. The van der Waals surface area contributed by atoms with Crippen molar-refractivity contribution in [3.8, 4) is 5.75 Å². The third-order valence-corrected chi connectivity index (χ3v) is 5.76. The van der Waals surface area contributed by atoms with Crippen LogP contribution in [-0.2, 0) is 0 Å². The van der Waals surface area contributed by atoms with Crippen LogP contribution in [0, 0.1) is 12.7 Å². The SMILES string of the molecule is Cc1cc2c(F)c(Nc3ccnc(Nc4cccc(OCCN5CCCC5)c4)n3)ccc2[nH]1. The molecule has 170 valence electrons. The Morgan fingerprint density at radius 3 is 2.85 bits per heavy atom. The zero-order valence-electron chi connectivity index (χ0n) is 18.6. The number of fused-ring (bicyclic) bond motifs is 1. The van der Waals surface area contributed by atoms with Crippen LogP contribution in [0.2, 0.25) is 0 Å². The number of benzene rings is 2. The molecule has 0 aliphatic carbocycles. The zero-order valence-corrected chi connectivity index (χ0v) is 18.6. The van der Waals surface area contributed by atoms with Crippen LogP contribution >= 0.6 is 0 Å². The van der Waals surface area contributed by atoms with Gasteiger partial charge in [0.15, 0.2) is 5.82 Å². The minimum absolute atomic E-state index is 0.316. The molecule has 0 radical (unpaired) electrons. The fourth-order valence-corrected chi connectivity index (χ4v) is 4.12. The summed E-state index contributed by atoms with van der Waals surface area (Å²) in [6.45, 7) is 5.84. The van der Waals surface area contributed by atoms with Gasteiger partial charge in [0, 0.05) is 41.1 Å². The van der Waals surface area contributed by atoms with Gasteiger partial charge in [-0.15, -0.1) is 0 Å². The van der Waals surface area contributed by atoms with E-state index in [4.69, 9.17) is 4.74 Å². The molecule has 1 aliphatic heterocycles. The van der Waals surface area contributed by atoms with Crippen molar-refractivity contribution in [1.82, 2.24) is 19.9 Å². The lowest BCUT2D eigenvalue weighted by Crippen LogP contribution is -2.25. The van der Waals surface area contributed by atoms with Gasteiger partial charge in [0.05, 0.1) is 5.69 Å². The number of hydrogen-bond acceptors (Lipinski definition) is 6. The maximum atomic E-state index is 14.9. The van der Waals surface area contributed by atoms with E-state index in [1.807, 2.05) is 37.3 Å². The van der Waals surface area contributed by atoms with Crippen LogP contribution in [0.5, 0.6) is 5.75 Å². The van der Waals surface area contributed by atoms with Crippen molar-refractivity contribution in [2.24, 2.45) is 0 Å². The summed E-state index contributed by atoms with van der Waals surface area (Å²) in [5.74, 6) is 1.39. The number of ether oxygens (including phenoxy) is 1. The first-order chi connectivity index (χ1) is 16.1. The van der Waals surface area contributed by atoms with Gasteiger partial charge in [-0.2, -0.15) is 4.98 Å². The number of aromatic nitrogens is 3. The molecule has 4 aromatic rings. The Morgan fingerprint density at radius 2 is 1.97 bits per heavy atom. The van der Waals surface area contributed by atoms with Gasteiger partial charge < -0.3 is 20.4 Å². The van der Waals surface area contributed by atoms with Crippen molar-refractivity contribution in [3.63, 3.8) is 0 Å². The van der Waals surface area contributed by atoms with Crippen LogP contribution in [0.25, 0.3) is 10.9 Å². The molecule has 3 heterocycles. The van der Waals surface area contributed by atoms with Crippen molar-refractivity contribution in [2.75, 3.05) is 36.9 Å². The van der Waals surface area contributed by atoms with Gasteiger partial charge in [-0.1, -0.05) is 6.07 Å². The standard InChI is InChI=1S/C25H27FN6O/c1-17-15-20-21(28-17)7-8-22(24(20)26)30-23-9-10-27-25(31-23)29-18-5-4-6-19(16-18)33-14-13-32-11-2-3-12-32/h4-10,15-16,28H,2-3,11-14H2,1H3,(H2,27,29,30,31). The Bertz CT molecular complexity index is 1250. The monoisotopic (exact) mass is 446 g/mol. The number of aryl methyl sites for hydroxylation is 1. The summed E-state index contributed by atoms with van der Waals surface area (Å²) in [5.41, 5.74) is 2.86. The van der Waals surface area contributed by atoms with Crippen LogP contribution in [0.4, 0.5) is 27.5 Å². The Kier molecular flexibility index (Phi) is 6.08. The summed E-state index contributed by atoms with van der Waals surface area (Å²) in [6, 6.07) is 14.8. The van der Waals surface area contributed by atoms with Gasteiger partial charge in [-0.05, 0) is 69.3 Å². The molecule has 3 N–H and O–H groups in total. The number of hydrogen-bond donors (Lipinski definition) is 3. The summed E-state index contributed by atoms with van der Waals surface area (Å²) < 4.78 is 20.8. The van der Waals surface area contributed by atoms with E-state index in [-0.39, 0.29) is 5.82 Å². The van der Waals surface area contributed by atoms with Gasteiger partial charge in [-0.25, -0.2) is 9.37 Å². The molecule has 0 atom stereocenters. The first-order valence-electron chi connectivity index (χ1n) is 11.2. The van der Waals surface area contributed by atoms with Gasteiger partial charge >= 0.3 is 0 Å². The fraction of sp³-hybridized carbons (Fsp3) is 0.280. The third-order valence-electron chi connectivity index (χ3n) is 5.76. The Morgan fingerprint density at radius 1 is 1.09 bits per heavy atom. The predicted octanol–water partition coefficient (Wildman–Crippen LogP) is 5.37. The van der Waals surface area contributed by atoms with Crippen LogP contribution in [0.1, 0.15) is 18.5 Å². The Labute approximate surface area is 192 Å². The molecule has 0 spiro atoms. The van der Waals surface area contributed by atoms with Crippen LogP contribution in [0.15, 0.2) is 54.7 Å². The maximum absolute atomic E-state index is 14.9. The van der Waals surface area contributed by atoms with Crippen molar-refractivity contribution in [3.05, 3.63) is 66.2 Å². The van der Waals surface area contributed by atoms with Gasteiger partial charge in [0.1, 0.15) is 18.2 Å². The molecule has 2 aromatic carbocycles. The average molecular weight is 447 g/mol. The molecule has 0 unspecified atom stereocenters. The molecule has 8 heteroatoms. The number of aromatic amines is 1. The summed E-state index contributed by atoms with van der Waals surface area (Å²) in [4.78, 5) is 14.3. The molecular formula is C25H27FN6O. The minimum atomic E-state index is -0.316. The topological polar surface area (TPSA) is 78.1 Å². The van der Waals surface area contributed by atoms with E-state index >= 15 is 0 Å². The van der Waals surface area contributed by atoms with E-state index in [1.165, 1.54) is 12.8 Å². The van der Waals surface area contributed by atoms with Crippen LogP contribution in [-0.4, -0.2) is 46.1 Å². The molecule has 33 heavy (non-hydrogen) atoms. The second-order valence-electron chi connectivity index (χ2n) is 8.28. The summed E-state index contributed by atoms with van der Waals surface area (Å²) in [7, 11) is 0. The number of anilines is 4. The van der Waals surface area contributed by atoms with Crippen molar-refractivity contribution in [1.29, 1.82) is 0 Å². The van der Waals surface area contributed by atoms with Crippen LogP contribution in [0.3, 0.4) is 0 Å². The fourth-order valence-electron chi connectivity index (χ4n) is 4.12. The van der Waals surface area contributed by atoms with Crippen molar-refractivity contribution >= 4 is 34.0 Å². The highest BCUT2D eigenvalue weighted by atomic mass is 19.1. The molecule has 0 bridgehead atoms. The van der Waals surface area contributed by atoms with E-state index in [1.54, 1.807) is 24.4 Å². The summed E-state index contributed by atoms with van der Waals surface area (Å²) >= 11 is 0. The Hall–Kier alpha value is -3.65. The maximum Gasteiger partial charge on any atom is 0.229 e. The predicted molar refractivity (Wildman–Crippen MR) is 129 cm³/mol. The smallest absolute Gasteiger partial charge is 0.229 e. The minimum Gasteiger partial charge on any atom is -0.492 e. The van der Waals surface area contributed by atoms with E-state index in [0.29, 0.717) is 29.4 Å². The lowest BCUT2D eigenvalue weighted by Gasteiger charge is -2.15. The van der Waals surface area contributed by atoms with Gasteiger partial charge in [-0.3, -0.25) is 4.90 Å². The van der Waals surface area contributed by atoms with E-state index in [0.717, 1.165) is 42.3 Å². The van der Waals surface area contributed by atoms with Gasteiger partial charge in [0.2, 0.25) is 5.95 Å². The first-order valence-corrected chi connectivity index (χ1v) is 11.2. The van der Waals surface area contributed by atoms with E-state index < -0.39 is 0 Å². The lowest BCUT2D eigenvalue weighted by atomic mass is 10.2. The third kappa shape index (κ3) is 5.06. The average Bonchev–Trinajstić information content (AvgIpc) is 3.46. The summed E-state index contributed by atoms with van der Waals surface area (Å²) in [6.07, 6.45) is 4.19. The highest BCUT2D eigenvalue weighted by Crippen LogP contribution is 2.27. The summed E-state index contributed by atoms with van der Waals surface area (Å²) in [5, 5.41) is 6.80. The molecule has 0 saturated carbocycles. The number of rotatable bonds is 8. The second-order valence-corrected chi connectivity index (χ2v) is 8.28. The Balaban J connectivity index is 1.24. The van der Waals surface area contributed by atoms with E-state index in [9.17, 15) is 4.39 Å². The largest absolute Gasteiger partial charge is 0.492 e. The van der Waals surface area contributed by atoms with Crippen molar-refractivity contribution < 1.29 is 9.13 Å². The zero-order chi connectivity index (χ0) is 22.6. The molecular weight excluding hydrogens is 419 g/mol. The number of likely N-dealkylation sites (tertiary alicyclic amines) is 1. The van der Waals surface area contributed by atoms with Crippen LogP contribution < -0.4 is 15.4 Å². The quantitative estimate of drug-likeness (QED) is 0.338. The lowest BCUT2D eigenvalue weighted by molar-refractivity contribution is 0.238. The molecule has 5 rings (SSSR count). The van der Waals surface area contributed by atoms with Gasteiger partial charge in [0.25, 0.3) is 0 Å². The molecule has 1 saturated heterocycles. The molecule has 0 amide bonds. The first kappa shape index (κ1) is 21.2. The number of nitrogens with zero attached hydrogens (tertiary/aromatic N) is 3. The number of nitrogens with one attached hydrogen (secondary N) is 3. The second kappa shape index (κ2) is 9.46. The molecule has 2 aromatic heterocycles. The molecule has 1 fully saturated rings. The highest BCUT2D eigenvalue weighted by molar-refractivity contribution is 5.85. The normalized spacial score (nSPS) is 14.0. The van der Waals surface area contributed by atoms with Crippen molar-refractivity contribution in [2.45, 2.75) is 19.8 Å². The highest BCUT2D eigenvalue weighted by Gasteiger charge is 2.12. The molecule has 1 aliphatic rings. The number of halogens is 1. The molecule has 7 nitrogen and oxygen atoms in total. The van der Waals surface area contributed by atoms with E-state index in [2.05, 4.69) is 30.5 Å².